The number of amides is 4. The Hall–Kier alpha value is -5.71. The summed E-state index contributed by atoms with van der Waals surface area (Å²) in [6.45, 7) is 16.7. The number of carbonyl (C=O) groups excluding carboxylic acids is 6. The fourth-order valence-electron chi connectivity index (χ4n) is 15.2. The average Bonchev–Trinajstić information content (AvgIpc) is 1.57. The molecule has 2 aromatic carbocycles. The molecular weight excluding hydrogens is 1300 g/mol. The quantitative estimate of drug-likeness (QED) is 0.143. The summed E-state index contributed by atoms with van der Waals surface area (Å²) in [6, 6.07) is 2.65. The number of alkyl halides is 6. The van der Waals surface area contributed by atoms with Crippen molar-refractivity contribution in [1.29, 1.82) is 0 Å². The van der Waals surface area contributed by atoms with Gasteiger partial charge >= 0.3 is 24.5 Å². The third-order valence-electron chi connectivity index (χ3n) is 20.4. The number of nitrogens with zero attached hydrogens (tertiary/aromatic N) is 6. The first-order chi connectivity index (χ1) is 43.4. The van der Waals surface area contributed by atoms with Gasteiger partial charge in [-0.2, -0.15) is 26.3 Å². The molecule has 4 amide bonds. The van der Waals surface area contributed by atoms with Crippen LogP contribution in [0.15, 0.2) is 36.4 Å². The molecule has 2 radical (unpaired) electrons. The van der Waals surface area contributed by atoms with Crippen molar-refractivity contribution in [3.05, 3.63) is 58.9 Å². The number of aryl methyl sites for hydroxylation is 2. The normalized spacial score (nSPS) is 30.5. The number of rotatable bonds is 4. The minimum Gasteiger partial charge on any atom is -0.540 e. The standard InChI is InChI=1S/C34H42F3N4O5.C34H44F3N4O5.2V/c1-5-20-26(17-42)41-16-28(20)45-30-24(38-23-12-11-19(34(35,36)37)15-25(23)39-30)10-8-6-7-9-21-22-13-18(22)14-27(21)46-32(44)40-29(31(41)43)33(2,3)4;1-6-22-26(19-42)41-18-27(22)45-29-24(38-23-15-14-21(34(35,36)37)17-25(23)39-29)13-9-7-8-11-20-12-10-16-33(20,5)46-31(44)40-28(30(41)43)32(2,3)4;;/h11-12,15,18,20-22,26-29H,5-10,13-14,16H2,1-4H3,(H,40,44);14-15,17,20,22,26-28H,6-13,16,18H2,1-5H3,(H,40,44);;/q2*-1;;/t18?,20-,21+,22?,26+,27+,28-,29+;20-,22+,26-,27+,28-,33-;;/m01../s1. The van der Waals surface area contributed by atoms with Gasteiger partial charge in [0.2, 0.25) is 23.6 Å². The fraction of sp³-hybridized carbons (Fsp3) is 0.676. The van der Waals surface area contributed by atoms with Crippen LogP contribution in [0.4, 0.5) is 35.9 Å². The molecule has 7 aliphatic rings. The maximum Gasteiger partial charge on any atom is 0.416 e. The topological polar surface area (TPSA) is 221 Å². The van der Waals surface area contributed by atoms with Gasteiger partial charge in [0.15, 0.2) is 0 Å². The Morgan fingerprint density at radius 3 is 1.47 bits per heavy atom. The first kappa shape index (κ1) is 74.1. The van der Waals surface area contributed by atoms with Crippen LogP contribution in [0.2, 0.25) is 0 Å². The van der Waals surface area contributed by atoms with Crippen LogP contribution in [0.3, 0.4) is 0 Å². The predicted octanol–water partition coefficient (Wildman–Crippen LogP) is 12.6. The zero-order valence-electron chi connectivity index (χ0n) is 54.8. The SMILES string of the molecule is CC[C@@H]1[C@@H]2CN(C(=O)[C@H](C(C)(C)C)NC(=O)O[C@@H]3CC4CC4[C@H]3CCCCCc3nc4ccc(C(F)(F)F)cc4nc3O2)[C@@H]1[C-]=O.CC[C@@H]1[C@@H]2CN(C(=O)[C@H](C(C)(C)C)NC(=O)O[C@]3(C)CCC[C@H]3CCCCCc3nc4ccc(C(F)(F)F)cc4nc3O2)[C@@H]1[C-]=O.[V].[V]. The van der Waals surface area contributed by atoms with E-state index in [0.29, 0.717) is 59.9 Å². The molecule has 3 aliphatic carbocycles. The van der Waals surface area contributed by atoms with Crippen molar-refractivity contribution in [3.8, 4) is 11.8 Å². The molecule has 11 rings (SSSR count). The van der Waals surface area contributed by atoms with Gasteiger partial charge in [-0.25, -0.2) is 42.1 Å². The van der Waals surface area contributed by atoms with Crippen molar-refractivity contribution in [2.24, 2.45) is 46.3 Å². The minimum atomic E-state index is -4.55. The van der Waals surface area contributed by atoms with Gasteiger partial charge in [0.05, 0.1) is 46.3 Å². The molecule has 4 bridgehead atoms. The Bertz CT molecular complexity index is 3300. The van der Waals surface area contributed by atoms with E-state index in [-0.39, 0.29) is 90.9 Å². The number of ether oxygens (including phenoxy) is 4. The summed E-state index contributed by atoms with van der Waals surface area (Å²) in [6.07, 6.45) is 5.38. The fourth-order valence-corrected chi connectivity index (χ4v) is 15.2. The van der Waals surface area contributed by atoms with Gasteiger partial charge in [-0.05, 0) is 160 Å². The zero-order chi connectivity index (χ0) is 66.4. The first-order valence-electron chi connectivity index (χ1n) is 32.8. The molecule has 26 heteroatoms. The molecular formula is C68H86F6N8O10V2-2. The monoisotopic (exact) mass is 1390 g/mol. The van der Waals surface area contributed by atoms with E-state index in [4.69, 9.17) is 28.9 Å². The maximum atomic E-state index is 14.2. The summed E-state index contributed by atoms with van der Waals surface area (Å²) in [4.78, 5) is 101. The summed E-state index contributed by atoms with van der Waals surface area (Å²) in [5.74, 6) is -0.0817. The maximum absolute atomic E-state index is 14.2. The molecule has 0 spiro atoms. The molecule has 2 aromatic heterocycles. The summed E-state index contributed by atoms with van der Waals surface area (Å²) in [5, 5.41) is 5.65. The number of hydrogen-bond donors (Lipinski definition) is 2. The largest absolute Gasteiger partial charge is 0.540 e. The van der Waals surface area contributed by atoms with Crippen LogP contribution >= 0.6 is 0 Å². The summed E-state index contributed by atoms with van der Waals surface area (Å²) < 4.78 is 106. The van der Waals surface area contributed by atoms with E-state index in [0.717, 1.165) is 108 Å². The van der Waals surface area contributed by atoms with E-state index in [2.05, 4.69) is 20.6 Å². The summed E-state index contributed by atoms with van der Waals surface area (Å²) in [5.41, 5.74) is -1.97. The van der Waals surface area contributed by atoms with Crippen LogP contribution in [0.25, 0.3) is 22.1 Å². The molecule has 2 N–H and O–H groups in total. The summed E-state index contributed by atoms with van der Waals surface area (Å²) in [7, 11) is 0. The Kier molecular flexibility index (Phi) is 23.3. The average molecular weight is 1390 g/mol. The van der Waals surface area contributed by atoms with Gasteiger partial charge in [0, 0.05) is 37.1 Å². The second-order valence-corrected chi connectivity index (χ2v) is 28.8. The van der Waals surface area contributed by atoms with Gasteiger partial charge in [-0.1, -0.05) is 106 Å². The number of aromatic nitrogens is 4. The minimum absolute atomic E-state index is 0. The molecule has 5 fully saturated rings. The van der Waals surface area contributed by atoms with E-state index >= 15 is 0 Å². The number of hydrogen-bond acceptors (Lipinski definition) is 14. The Balaban J connectivity index is 0.000000236. The molecule has 512 valence electrons. The zero-order valence-corrected chi connectivity index (χ0v) is 57.6. The van der Waals surface area contributed by atoms with Crippen molar-refractivity contribution >= 4 is 58.6 Å². The third kappa shape index (κ3) is 16.3. The van der Waals surface area contributed by atoms with Crippen LogP contribution in [0, 0.1) is 46.3 Å². The Labute approximate surface area is 569 Å². The van der Waals surface area contributed by atoms with Crippen molar-refractivity contribution in [1.82, 2.24) is 40.4 Å². The first-order valence-corrected chi connectivity index (χ1v) is 32.8. The molecule has 18 nitrogen and oxygen atoms in total. The van der Waals surface area contributed by atoms with Crippen LogP contribution in [-0.2, 0) is 91.0 Å². The van der Waals surface area contributed by atoms with E-state index in [1.807, 2.05) is 74.9 Å². The van der Waals surface area contributed by atoms with Gasteiger partial charge in [-0.3, -0.25) is 9.59 Å². The van der Waals surface area contributed by atoms with Crippen LogP contribution in [0.5, 0.6) is 11.8 Å². The van der Waals surface area contributed by atoms with Gasteiger partial charge in [0.25, 0.3) is 0 Å². The summed E-state index contributed by atoms with van der Waals surface area (Å²) >= 11 is 0. The molecule has 4 aliphatic heterocycles. The molecule has 14 atom stereocenters. The third-order valence-corrected chi connectivity index (χ3v) is 20.4. The molecule has 3 saturated carbocycles. The number of alkyl carbamates (subject to hydrolysis) is 2. The Morgan fingerprint density at radius 1 is 0.564 bits per heavy atom. The van der Waals surface area contributed by atoms with Crippen LogP contribution in [-0.4, -0.2) is 127 Å². The molecule has 94 heavy (non-hydrogen) atoms. The van der Waals surface area contributed by atoms with Crippen LogP contribution < -0.4 is 20.1 Å². The number of halogens is 6. The van der Waals surface area contributed by atoms with E-state index in [1.54, 1.807) is 0 Å². The van der Waals surface area contributed by atoms with Gasteiger partial charge < -0.3 is 49.0 Å². The molecule has 4 aromatic rings. The van der Waals surface area contributed by atoms with Crippen molar-refractivity contribution in [2.45, 2.75) is 232 Å². The smallest absolute Gasteiger partial charge is 0.416 e. The van der Waals surface area contributed by atoms with E-state index < -0.39 is 112 Å². The predicted molar refractivity (Wildman–Crippen MR) is 327 cm³/mol. The second-order valence-electron chi connectivity index (χ2n) is 28.8. The number of benzene rings is 2. The van der Waals surface area contributed by atoms with Crippen LogP contribution in [0.1, 0.15) is 181 Å². The molecule has 2 saturated heterocycles. The Morgan fingerprint density at radius 2 is 1.02 bits per heavy atom. The van der Waals surface area contributed by atoms with E-state index in [1.165, 1.54) is 21.9 Å². The van der Waals surface area contributed by atoms with Crippen molar-refractivity contribution < 1.29 is 111 Å². The number of carbonyl (C=O) groups is 4. The van der Waals surface area contributed by atoms with Crippen molar-refractivity contribution in [2.75, 3.05) is 13.1 Å². The number of fused-ring (bicyclic) bond motifs is 12. The van der Waals surface area contributed by atoms with Crippen molar-refractivity contribution in [3.63, 3.8) is 0 Å². The van der Waals surface area contributed by atoms with Gasteiger partial charge in [0.1, 0.15) is 47.4 Å². The van der Waals surface area contributed by atoms with Gasteiger partial charge in [-0.15, -0.1) is 0 Å². The molecule has 6 heterocycles. The number of nitrogens with one attached hydrogen (secondary N) is 2. The van der Waals surface area contributed by atoms with E-state index in [9.17, 15) is 55.1 Å². The molecule has 2 unspecified atom stereocenters. The second kappa shape index (κ2) is 29.6.